The van der Waals surface area contributed by atoms with Gasteiger partial charge in [0.15, 0.2) is 0 Å². The first kappa shape index (κ1) is 11.3. The number of hydrogen-bond acceptors (Lipinski definition) is 1. The Hall–Kier alpha value is -1.18. The van der Waals surface area contributed by atoms with Crippen LogP contribution in [0.3, 0.4) is 0 Å². The van der Waals surface area contributed by atoms with Gasteiger partial charge in [-0.3, -0.25) is 0 Å². The van der Waals surface area contributed by atoms with Crippen molar-refractivity contribution in [3.63, 3.8) is 0 Å². The molecule has 3 heteroatoms. The summed E-state index contributed by atoms with van der Waals surface area (Å²) in [7, 11) is 0. The van der Waals surface area contributed by atoms with Crippen LogP contribution in [-0.2, 0) is 6.61 Å². The molecule has 0 bridgehead atoms. The predicted octanol–water partition coefficient (Wildman–Crippen LogP) is 4.37. The van der Waals surface area contributed by atoms with Gasteiger partial charge in [-0.15, -0.1) is 0 Å². The van der Waals surface area contributed by atoms with Crippen LogP contribution in [0.4, 0.5) is 0 Å². The van der Waals surface area contributed by atoms with E-state index in [1.165, 1.54) is 0 Å². The van der Waals surface area contributed by atoms with E-state index in [4.69, 9.17) is 27.9 Å². The summed E-state index contributed by atoms with van der Waals surface area (Å²) in [4.78, 5) is 0. The maximum Gasteiger partial charge on any atom is 0.119 e. The van der Waals surface area contributed by atoms with Gasteiger partial charge in [0.05, 0.1) is 0 Å². The molecule has 0 aromatic heterocycles. The Balaban J connectivity index is 1.99. The highest BCUT2D eigenvalue weighted by Crippen LogP contribution is 2.17. The standard InChI is InChI=1S/C13H9Cl2O/c14-11-4-6-13(7-5-11)16-9-10-2-1-3-12(15)8-10/h1,3-8H,9H2. The molecule has 0 atom stereocenters. The maximum atomic E-state index is 5.85. The Morgan fingerprint density at radius 3 is 2.44 bits per heavy atom. The summed E-state index contributed by atoms with van der Waals surface area (Å²) in [6, 6.07) is 15.7. The van der Waals surface area contributed by atoms with Gasteiger partial charge in [-0.2, -0.15) is 0 Å². The molecule has 0 unspecified atom stereocenters. The molecular weight excluding hydrogens is 243 g/mol. The Morgan fingerprint density at radius 1 is 1.00 bits per heavy atom. The Bertz CT molecular complexity index is 466. The van der Waals surface area contributed by atoms with Crippen molar-refractivity contribution in [3.8, 4) is 5.75 Å². The van der Waals surface area contributed by atoms with E-state index in [0.29, 0.717) is 16.7 Å². The summed E-state index contributed by atoms with van der Waals surface area (Å²) in [5.74, 6) is 0.776. The fourth-order valence-corrected chi connectivity index (χ4v) is 1.58. The molecular formula is C13H9Cl2O. The summed E-state index contributed by atoms with van der Waals surface area (Å²) < 4.78 is 5.55. The topological polar surface area (TPSA) is 9.23 Å². The van der Waals surface area contributed by atoms with Gasteiger partial charge in [0.2, 0.25) is 0 Å². The molecule has 2 rings (SSSR count). The summed E-state index contributed by atoms with van der Waals surface area (Å²) in [5, 5.41) is 1.38. The van der Waals surface area contributed by atoms with Crippen molar-refractivity contribution in [2.24, 2.45) is 0 Å². The number of halogens is 2. The lowest BCUT2D eigenvalue weighted by molar-refractivity contribution is 0.306. The number of hydrogen-bond donors (Lipinski definition) is 0. The highest BCUT2D eigenvalue weighted by molar-refractivity contribution is 6.30. The zero-order valence-corrected chi connectivity index (χ0v) is 9.92. The molecule has 0 aliphatic heterocycles. The molecule has 0 saturated heterocycles. The second-order valence-corrected chi connectivity index (χ2v) is 4.15. The molecule has 0 spiro atoms. The molecule has 2 aromatic rings. The number of benzene rings is 2. The molecule has 1 radical (unpaired) electrons. The minimum absolute atomic E-state index is 0.447. The molecule has 0 aliphatic carbocycles. The van der Waals surface area contributed by atoms with Gasteiger partial charge in [-0.25, -0.2) is 0 Å². The highest BCUT2D eigenvalue weighted by atomic mass is 35.5. The highest BCUT2D eigenvalue weighted by Gasteiger charge is 1.97. The van der Waals surface area contributed by atoms with E-state index in [2.05, 4.69) is 6.07 Å². The second kappa shape index (κ2) is 5.24. The van der Waals surface area contributed by atoms with Crippen LogP contribution in [0.25, 0.3) is 0 Å². The zero-order valence-electron chi connectivity index (χ0n) is 8.41. The van der Waals surface area contributed by atoms with E-state index >= 15 is 0 Å². The van der Waals surface area contributed by atoms with Gasteiger partial charge in [0, 0.05) is 10.0 Å². The predicted molar refractivity (Wildman–Crippen MR) is 66.1 cm³/mol. The molecule has 16 heavy (non-hydrogen) atoms. The Labute approximate surface area is 105 Å². The first-order chi connectivity index (χ1) is 7.74. The minimum atomic E-state index is 0.447. The van der Waals surface area contributed by atoms with E-state index in [1.807, 2.05) is 18.2 Å². The van der Waals surface area contributed by atoms with Crippen molar-refractivity contribution in [2.75, 3.05) is 0 Å². The molecule has 0 saturated carbocycles. The van der Waals surface area contributed by atoms with Crippen molar-refractivity contribution in [2.45, 2.75) is 6.61 Å². The third kappa shape index (κ3) is 3.16. The van der Waals surface area contributed by atoms with Crippen molar-refractivity contribution < 1.29 is 4.74 Å². The lowest BCUT2D eigenvalue weighted by Crippen LogP contribution is -1.95. The SMILES string of the molecule is Clc1ccc(OCc2[c]ccc(Cl)c2)cc1. The molecule has 81 valence electrons. The van der Waals surface area contributed by atoms with Gasteiger partial charge in [0.1, 0.15) is 12.4 Å². The van der Waals surface area contributed by atoms with Gasteiger partial charge in [-0.05, 0) is 48.0 Å². The first-order valence-electron chi connectivity index (χ1n) is 4.78. The number of rotatable bonds is 3. The first-order valence-corrected chi connectivity index (χ1v) is 5.54. The van der Waals surface area contributed by atoms with Gasteiger partial charge < -0.3 is 4.74 Å². The molecule has 0 aliphatic rings. The van der Waals surface area contributed by atoms with E-state index < -0.39 is 0 Å². The fraction of sp³-hybridized carbons (Fsp3) is 0.0769. The van der Waals surface area contributed by atoms with Crippen molar-refractivity contribution in [1.29, 1.82) is 0 Å². The van der Waals surface area contributed by atoms with Gasteiger partial charge >= 0.3 is 0 Å². The summed E-state index contributed by atoms with van der Waals surface area (Å²) in [6.07, 6.45) is 0. The summed E-state index contributed by atoms with van der Waals surface area (Å²) in [5.41, 5.74) is 0.919. The van der Waals surface area contributed by atoms with Crippen LogP contribution in [-0.4, -0.2) is 0 Å². The quantitative estimate of drug-likeness (QED) is 0.787. The van der Waals surface area contributed by atoms with Crippen molar-refractivity contribution in [1.82, 2.24) is 0 Å². The van der Waals surface area contributed by atoms with E-state index in [9.17, 15) is 0 Å². The fourth-order valence-electron chi connectivity index (χ4n) is 1.26. The van der Waals surface area contributed by atoms with E-state index in [1.54, 1.807) is 24.3 Å². The average molecular weight is 252 g/mol. The lowest BCUT2D eigenvalue weighted by Gasteiger charge is -2.06. The van der Waals surface area contributed by atoms with Gasteiger partial charge in [-0.1, -0.05) is 29.3 Å². The van der Waals surface area contributed by atoms with Crippen LogP contribution in [0.2, 0.25) is 10.0 Å². The third-order valence-corrected chi connectivity index (χ3v) is 2.52. The normalized spacial score (nSPS) is 10.1. The molecule has 2 aromatic carbocycles. The molecule has 0 N–H and O–H groups in total. The van der Waals surface area contributed by atoms with Crippen LogP contribution in [0.5, 0.6) is 5.75 Å². The van der Waals surface area contributed by atoms with Crippen LogP contribution >= 0.6 is 23.2 Å². The summed E-state index contributed by atoms with van der Waals surface area (Å²) in [6.45, 7) is 0.447. The minimum Gasteiger partial charge on any atom is -0.489 e. The third-order valence-electron chi connectivity index (χ3n) is 2.03. The van der Waals surface area contributed by atoms with Crippen molar-refractivity contribution in [3.05, 3.63) is 64.1 Å². The van der Waals surface area contributed by atoms with E-state index in [-0.39, 0.29) is 0 Å². The monoisotopic (exact) mass is 251 g/mol. The molecule has 0 amide bonds. The zero-order chi connectivity index (χ0) is 11.4. The lowest BCUT2D eigenvalue weighted by atomic mass is 10.2. The molecule has 1 nitrogen and oxygen atoms in total. The number of ether oxygens (including phenoxy) is 1. The van der Waals surface area contributed by atoms with Gasteiger partial charge in [0.25, 0.3) is 0 Å². The second-order valence-electron chi connectivity index (χ2n) is 3.27. The van der Waals surface area contributed by atoms with Crippen LogP contribution < -0.4 is 4.74 Å². The van der Waals surface area contributed by atoms with Crippen LogP contribution in [0.1, 0.15) is 5.56 Å². The molecule has 0 heterocycles. The Morgan fingerprint density at radius 2 is 1.75 bits per heavy atom. The van der Waals surface area contributed by atoms with E-state index in [0.717, 1.165) is 11.3 Å². The summed E-state index contributed by atoms with van der Waals surface area (Å²) >= 11 is 11.6. The Kier molecular flexibility index (Phi) is 3.70. The van der Waals surface area contributed by atoms with Crippen LogP contribution in [0, 0.1) is 6.07 Å². The largest absolute Gasteiger partial charge is 0.489 e. The maximum absolute atomic E-state index is 5.85. The van der Waals surface area contributed by atoms with Crippen molar-refractivity contribution >= 4 is 23.2 Å². The molecule has 0 fully saturated rings. The average Bonchev–Trinajstić information content (AvgIpc) is 2.28. The smallest absolute Gasteiger partial charge is 0.119 e. The van der Waals surface area contributed by atoms with Crippen LogP contribution in [0.15, 0.2) is 42.5 Å².